The SMILES string of the molecule is COc1cc(C)c(Cl)cc1-c1nc2ccccc2[nH]1. The smallest absolute Gasteiger partial charge is 0.142 e. The maximum atomic E-state index is 6.19. The molecule has 1 N–H and O–H groups in total. The second kappa shape index (κ2) is 4.59. The molecule has 0 spiro atoms. The Labute approximate surface area is 116 Å². The quantitative estimate of drug-likeness (QED) is 0.759. The molecule has 2 aromatic carbocycles. The van der Waals surface area contributed by atoms with Crippen LogP contribution in [0.3, 0.4) is 0 Å². The van der Waals surface area contributed by atoms with Crippen molar-refractivity contribution >= 4 is 22.6 Å². The number of nitrogens with zero attached hydrogens (tertiary/aromatic N) is 1. The number of aryl methyl sites for hydroxylation is 1. The van der Waals surface area contributed by atoms with Gasteiger partial charge in [-0.05, 0) is 36.8 Å². The topological polar surface area (TPSA) is 37.9 Å². The summed E-state index contributed by atoms with van der Waals surface area (Å²) in [6.07, 6.45) is 0. The first-order chi connectivity index (χ1) is 9.19. The zero-order valence-electron chi connectivity index (χ0n) is 10.7. The number of fused-ring (bicyclic) bond motifs is 1. The number of halogens is 1. The highest BCUT2D eigenvalue weighted by molar-refractivity contribution is 6.31. The third kappa shape index (κ3) is 2.06. The monoisotopic (exact) mass is 272 g/mol. The van der Waals surface area contributed by atoms with E-state index in [4.69, 9.17) is 16.3 Å². The van der Waals surface area contributed by atoms with Crippen LogP contribution in [0, 0.1) is 6.92 Å². The van der Waals surface area contributed by atoms with Gasteiger partial charge < -0.3 is 9.72 Å². The molecule has 4 heteroatoms. The molecule has 96 valence electrons. The lowest BCUT2D eigenvalue weighted by Crippen LogP contribution is -1.91. The molecule has 0 bridgehead atoms. The summed E-state index contributed by atoms with van der Waals surface area (Å²) in [7, 11) is 1.65. The van der Waals surface area contributed by atoms with Crippen LogP contribution >= 0.6 is 11.6 Å². The molecule has 0 unspecified atom stereocenters. The van der Waals surface area contributed by atoms with Gasteiger partial charge in [0.2, 0.25) is 0 Å². The summed E-state index contributed by atoms with van der Waals surface area (Å²) >= 11 is 6.19. The van der Waals surface area contributed by atoms with E-state index in [9.17, 15) is 0 Å². The zero-order chi connectivity index (χ0) is 13.4. The average molecular weight is 273 g/mol. The number of hydrogen-bond acceptors (Lipinski definition) is 2. The molecule has 0 radical (unpaired) electrons. The van der Waals surface area contributed by atoms with Crippen LogP contribution < -0.4 is 4.74 Å². The molecule has 0 aliphatic heterocycles. The van der Waals surface area contributed by atoms with Crippen molar-refractivity contribution in [2.75, 3.05) is 7.11 Å². The first-order valence-electron chi connectivity index (χ1n) is 5.98. The molecule has 0 amide bonds. The summed E-state index contributed by atoms with van der Waals surface area (Å²) in [6, 6.07) is 11.7. The Morgan fingerprint density at radius 3 is 2.74 bits per heavy atom. The summed E-state index contributed by atoms with van der Waals surface area (Å²) in [6.45, 7) is 1.95. The molecule has 0 aliphatic carbocycles. The fraction of sp³-hybridized carbons (Fsp3) is 0.133. The number of aromatic nitrogens is 2. The number of para-hydroxylation sites is 2. The second-order valence-corrected chi connectivity index (χ2v) is 4.81. The largest absolute Gasteiger partial charge is 0.496 e. The van der Waals surface area contributed by atoms with E-state index < -0.39 is 0 Å². The van der Waals surface area contributed by atoms with Crippen molar-refractivity contribution < 1.29 is 4.74 Å². The van der Waals surface area contributed by atoms with Crippen LogP contribution in [0.4, 0.5) is 0 Å². The van der Waals surface area contributed by atoms with E-state index in [1.165, 1.54) is 0 Å². The summed E-state index contributed by atoms with van der Waals surface area (Å²) < 4.78 is 5.41. The number of rotatable bonds is 2. The highest BCUT2D eigenvalue weighted by atomic mass is 35.5. The van der Waals surface area contributed by atoms with Crippen molar-refractivity contribution in [2.24, 2.45) is 0 Å². The van der Waals surface area contributed by atoms with Gasteiger partial charge in [-0.15, -0.1) is 0 Å². The lowest BCUT2D eigenvalue weighted by Gasteiger charge is -2.08. The minimum absolute atomic E-state index is 0.705. The van der Waals surface area contributed by atoms with E-state index in [0.717, 1.165) is 33.7 Å². The molecule has 0 saturated carbocycles. The lowest BCUT2D eigenvalue weighted by molar-refractivity contribution is 0.416. The van der Waals surface area contributed by atoms with E-state index >= 15 is 0 Å². The molecule has 0 saturated heterocycles. The third-order valence-corrected chi connectivity index (χ3v) is 3.53. The Morgan fingerprint density at radius 1 is 1.21 bits per heavy atom. The van der Waals surface area contributed by atoms with Crippen molar-refractivity contribution in [3.63, 3.8) is 0 Å². The summed E-state index contributed by atoms with van der Waals surface area (Å²) in [5.74, 6) is 1.53. The fourth-order valence-corrected chi connectivity index (χ4v) is 2.25. The number of ether oxygens (including phenoxy) is 1. The van der Waals surface area contributed by atoms with Crippen molar-refractivity contribution in [3.05, 3.63) is 47.0 Å². The van der Waals surface area contributed by atoms with E-state index in [2.05, 4.69) is 9.97 Å². The molecule has 3 aromatic rings. The molecule has 1 aromatic heterocycles. The molecule has 0 atom stereocenters. The molecular weight excluding hydrogens is 260 g/mol. The summed E-state index contributed by atoms with van der Waals surface area (Å²) in [4.78, 5) is 7.85. The predicted molar refractivity (Wildman–Crippen MR) is 77.8 cm³/mol. The molecular formula is C15H13ClN2O. The van der Waals surface area contributed by atoms with Crippen LogP contribution in [0.15, 0.2) is 36.4 Å². The molecule has 3 nitrogen and oxygen atoms in total. The number of nitrogens with one attached hydrogen (secondary N) is 1. The molecule has 19 heavy (non-hydrogen) atoms. The molecule has 3 rings (SSSR count). The molecule has 0 aliphatic rings. The van der Waals surface area contributed by atoms with Crippen LogP contribution in [0.25, 0.3) is 22.4 Å². The maximum Gasteiger partial charge on any atom is 0.142 e. The standard InChI is InChI=1S/C15H13ClN2O/c1-9-7-14(19-2)10(8-11(9)16)15-17-12-5-3-4-6-13(12)18-15/h3-8H,1-2H3,(H,17,18). The van der Waals surface area contributed by atoms with Gasteiger partial charge in [-0.1, -0.05) is 23.7 Å². The first kappa shape index (κ1) is 12.1. The van der Waals surface area contributed by atoms with Crippen molar-refractivity contribution in [3.8, 4) is 17.1 Å². The predicted octanol–water partition coefficient (Wildman–Crippen LogP) is 4.20. The zero-order valence-corrected chi connectivity index (χ0v) is 11.5. The van der Waals surface area contributed by atoms with Gasteiger partial charge in [0.1, 0.15) is 11.6 Å². The van der Waals surface area contributed by atoms with E-state index in [0.29, 0.717) is 5.02 Å². The fourth-order valence-electron chi connectivity index (χ4n) is 2.09. The van der Waals surface area contributed by atoms with Crippen molar-refractivity contribution in [1.29, 1.82) is 0 Å². The number of benzene rings is 2. The van der Waals surface area contributed by atoms with Crippen molar-refractivity contribution in [1.82, 2.24) is 9.97 Å². The Bertz CT molecular complexity index is 716. The summed E-state index contributed by atoms with van der Waals surface area (Å²) in [5.41, 5.74) is 3.78. The highest BCUT2D eigenvalue weighted by Gasteiger charge is 2.12. The van der Waals surface area contributed by atoms with E-state index in [-0.39, 0.29) is 0 Å². The van der Waals surface area contributed by atoms with Crippen LogP contribution in [0.1, 0.15) is 5.56 Å². The Kier molecular flexibility index (Phi) is 2.91. The highest BCUT2D eigenvalue weighted by Crippen LogP contribution is 2.33. The lowest BCUT2D eigenvalue weighted by atomic mass is 10.1. The third-order valence-electron chi connectivity index (χ3n) is 3.13. The maximum absolute atomic E-state index is 6.19. The second-order valence-electron chi connectivity index (χ2n) is 4.40. The Morgan fingerprint density at radius 2 is 2.00 bits per heavy atom. The molecule has 1 heterocycles. The van der Waals surface area contributed by atoms with Gasteiger partial charge >= 0.3 is 0 Å². The average Bonchev–Trinajstić information content (AvgIpc) is 2.85. The van der Waals surface area contributed by atoms with Crippen molar-refractivity contribution in [2.45, 2.75) is 6.92 Å². The van der Waals surface area contributed by atoms with Gasteiger partial charge in [-0.2, -0.15) is 0 Å². The van der Waals surface area contributed by atoms with Gasteiger partial charge in [0, 0.05) is 5.02 Å². The summed E-state index contributed by atoms with van der Waals surface area (Å²) in [5, 5.41) is 0.705. The molecule has 0 fully saturated rings. The van der Waals surface area contributed by atoms with E-state index in [1.54, 1.807) is 7.11 Å². The van der Waals surface area contributed by atoms with Crippen LogP contribution in [0.2, 0.25) is 5.02 Å². The number of hydrogen-bond donors (Lipinski definition) is 1. The van der Waals surface area contributed by atoms with Crippen LogP contribution in [-0.2, 0) is 0 Å². The number of imidazole rings is 1. The van der Waals surface area contributed by atoms with Gasteiger partial charge in [-0.3, -0.25) is 0 Å². The van der Waals surface area contributed by atoms with Gasteiger partial charge in [0.05, 0.1) is 23.7 Å². The Hall–Kier alpha value is -2.00. The minimum atomic E-state index is 0.705. The number of methoxy groups -OCH3 is 1. The minimum Gasteiger partial charge on any atom is -0.496 e. The Balaban J connectivity index is 2.22. The van der Waals surface area contributed by atoms with E-state index in [1.807, 2.05) is 43.3 Å². The van der Waals surface area contributed by atoms with Gasteiger partial charge in [0.15, 0.2) is 0 Å². The number of H-pyrrole nitrogens is 1. The van der Waals surface area contributed by atoms with Crippen LogP contribution in [-0.4, -0.2) is 17.1 Å². The number of aromatic amines is 1. The van der Waals surface area contributed by atoms with Gasteiger partial charge in [0.25, 0.3) is 0 Å². The first-order valence-corrected chi connectivity index (χ1v) is 6.36. The van der Waals surface area contributed by atoms with Crippen LogP contribution in [0.5, 0.6) is 5.75 Å². The normalized spacial score (nSPS) is 10.9. The van der Waals surface area contributed by atoms with Gasteiger partial charge in [-0.25, -0.2) is 4.98 Å².